The highest BCUT2D eigenvalue weighted by Crippen LogP contribution is 2.46. The van der Waals surface area contributed by atoms with Crippen molar-refractivity contribution in [3.8, 4) is 28.7 Å². The van der Waals surface area contributed by atoms with E-state index in [1.165, 1.54) is 12.1 Å². The fourth-order valence-electron chi connectivity index (χ4n) is 3.72. The number of rotatable bonds is 6. The van der Waals surface area contributed by atoms with Crippen LogP contribution < -0.4 is 23.7 Å². The van der Waals surface area contributed by atoms with Gasteiger partial charge in [0, 0.05) is 17.7 Å². The number of hydrogen-bond donors (Lipinski definition) is 0. The fraction of sp³-hybridized carbons (Fsp3) is 0.250. The number of fused-ring (bicyclic) bond motifs is 2. The minimum Gasteiger partial charge on any atom is -0.497 e. The summed E-state index contributed by atoms with van der Waals surface area (Å²) in [6.07, 6.45) is -1.76. The first kappa shape index (κ1) is 23.1. The van der Waals surface area contributed by atoms with Crippen LogP contribution in [0, 0.1) is 10.5 Å². The molecule has 0 aliphatic carbocycles. The van der Waals surface area contributed by atoms with Crippen LogP contribution in [0.3, 0.4) is 0 Å². The zero-order valence-electron chi connectivity index (χ0n) is 18.3. The standard InChI is InChI=1S/C24H21IO8S/c1-14-3-6-16(7-4-14)34(26,27)33-23-12-29-19-11-22-21(30-13-31-22)10-17(19)24(23)32-20-9-15(28-2)5-8-18(20)25/h3-11,23-24H,12-13H2,1-2H3/t23-,24+/m1/s1. The lowest BCUT2D eigenvalue weighted by atomic mass is 10.00. The Balaban J connectivity index is 1.53. The van der Waals surface area contributed by atoms with Crippen LogP contribution in [-0.4, -0.2) is 35.0 Å². The summed E-state index contributed by atoms with van der Waals surface area (Å²) in [6.45, 7) is 1.94. The third-order valence-corrected chi connectivity index (χ3v) is 7.75. The van der Waals surface area contributed by atoms with E-state index in [0.717, 1.165) is 9.13 Å². The van der Waals surface area contributed by atoms with Gasteiger partial charge in [-0.1, -0.05) is 17.7 Å². The summed E-state index contributed by atoms with van der Waals surface area (Å²) in [7, 11) is -2.52. The molecule has 3 aromatic carbocycles. The Labute approximate surface area is 211 Å². The Morgan fingerprint density at radius 3 is 2.41 bits per heavy atom. The number of benzene rings is 3. The first-order chi connectivity index (χ1) is 16.3. The highest BCUT2D eigenvalue weighted by molar-refractivity contribution is 14.1. The predicted molar refractivity (Wildman–Crippen MR) is 130 cm³/mol. The molecule has 0 amide bonds. The Bertz CT molecular complexity index is 1320. The summed E-state index contributed by atoms with van der Waals surface area (Å²) >= 11 is 2.15. The molecule has 0 bridgehead atoms. The van der Waals surface area contributed by atoms with E-state index < -0.39 is 22.3 Å². The Morgan fingerprint density at radius 1 is 0.941 bits per heavy atom. The zero-order chi connectivity index (χ0) is 23.9. The van der Waals surface area contributed by atoms with Crippen molar-refractivity contribution in [2.45, 2.75) is 24.0 Å². The van der Waals surface area contributed by atoms with Gasteiger partial charge in [-0.15, -0.1) is 0 Å². The molecular weight excluding hydrogens is 575 g/mol. The van der Waals surface area contributed by atoms with Crippen LogP contribution in [0.4, 0.5) is 0 Å². The highest BCUT2D eigenvalue weighted by atomic mass is 127. The summed E-state index contributed by atoms with van der Waals surface area (Å²) in [5.41, 5.74) is 1.54. The zero-order valence-corrected chi connectivity index (χ0v) is 21.3. The Morgan fingerprint density at radius 2 is 1.68 bits per heavy atom. The minimum absolute atomic E-state index is 0.0387. The van der Waals surface area contributed by atoms with Crippen LogP contribution in [0.2, 0.25) is 0 Å². The topological polar surface area (TPSA) is 89.5 Å². The van der Waals surface area contributed by atoms with E-state index >= 15 is 0 Å². The van der Waals surface area contributed by atoms with E-state index in [1.54, 1.807) is 37.4 Å². The maximum absolute atomic E-state index is 13.1. The molecular formula is C24H21IO8S. The smallest absolute Gasteiger partial charge is 0.297 e. The van der Waals surface area contributed by atoms with Crippen molar-refractivity contribution < 1.29 is 36.3 Å². The average Bonchev–Trinajstić information content (AvgIpc) is 3.28. The molecule has 2 aliphatic heterocycles. The second-order valence-corrected chi connectivity index (χ2v) is 10.5. The van der Waals surface area contributed by atoms with Crippen LogP contribution in [-0.2, 0) is 14.3 Å². The lowest BCUT2D eigenvalue weighted by Crippen LogP contribution is -2.38. The quantitative estimate of drug-likeness (QED) is 0.301. The molecule has 8 nitrogen and oxygen atoms in total. The summed E-state index contributed by atoms with van der Waals surface area (Å²) in [6, 6.07) is 15.3. The molecule has 0 radical (unpaired) electrons. The second kappa shape index (κ2) is 9.16. The monoisotopic (exact) mass is 596 g/mol. The molecule has 0 spiro atoms. The van der Waals surface area contributed by atoms with Gasteiger partial charge < -0.3 is 23.7 Å². The van der Waals surface area contributed by atoms with Gasteiger partial charge in [0.15, 0.2) is 23.7 Å². The van der Waals surface area contributed by atoms with Crippen molar-refractivity contribution in [3.63, 3.8) is 0 Å². The van der Waals surface area contributed by atoms with Gasteiger partial charge in [-0.25, -0.2) is 0 Å². The third kappa shape index (κ3) is 4.49. The first-order valence-corrected chi connectivity index (χ1v) is 12.9. The molecule has 2 aliphatic rings. The van der Waals surface area contributed by atoms with E-state index in [2.05, 4.69) is 22.6 Å². The maximum atomic E-state index is 13.1. The van der Waals surface area contributed by atoms with E-state index in [1.807, 2.05) is 19.1 Å². The van der Waals surface area contributed by atoms with Gasteiger partial charge in [-0.2, -0.15) is 8.42 Å². The van der Waals surface area contributed by atoms with Crippen molar-refractivity contribution in [3.05, 3.63) is 69.3 Å². The summed E-state index contributed by atoms with van der Waals surface area (Å²) in [5, 5.41) is 0. The SMILES string of the molecule is COc1ccc(I)c(O[C@H]2c3cc4c(cc3OC[C@H]2OS(=O)(=O)c2ccc(C)cc2)OCO4)c1. The molecule has 0 N–H and O–H groups in total. The molecule has 178 valence electrons. The van der Waals surface area contributed by atoms with E-state index in [4.69, 9.17) is 27.9 Å². The number of methoxy groups -OCH3 is 1. The second-order valence-electron chi connectivity index (χ2n) is 7.79. The third-order valence-electron chi connectivity index (χ3n) is 5.50. The maximum Gasteiger partial charge on any atom is 0.297 e. The largest absolute Gasteiger partial charge is 0.497 e. The van der Waals surface area contributed by atoms with Gasteiger partial charge in [0.05, 0.1) is 15.6 Å². The van der Waals surface area contributed by atoms with Crippen molar-refractivity contribution in [1.29, 1.82) is 0 Å². The number of aryl methyl sites for hydroxylation is 1. The van der Waals surface area contributed by atoms with Crippen LogP contribution in [0.1, 0.15) is 17.2 Å². The molecule has 10 heteroatoms. The lowest BCUT2D eigenvalue weighted by Gasteiger charge is -2.33. The van der Waals surface area contributed by atoms with E-state index in [0.29, 0.717) is 34.3 Å². The number of hydrogen-bond acceptors (Lipinski definition) is 8. The van der Waals surface area contributed by atoms with Gasteiger partial charge in [-0.05, 0) is 59.8 Å². The first-order valence-electron chi connectivity index (χ1n) is 10.4. The summed E-state index contributed by atoms with van der Waals surface area (Å²) in [5.74, 6) is 2.73. The van der Waals surface area contributed by atoms with Crippen molar-refractivity contribution in [1.82, 2.24) is 0 Å². The lowest BCUT2D eigenvalue weighted by molar-refractivity contribution is 0.00692. The molecule has 34 heavy (non-hydrogen) atoms. The average molecular weight is 596 g/mol. The summed E-state index contributed by atoms with van der Waals surface area (Å²) in [4.78, 5) is 0.0595. The summed E-state index contributed by atoms with van der Waals surface area (Å²) < 4.78 is 61.2. The van der Waals surface area contributed by atoms with Crippen molar-refractivity contribution >= 4 is 32.7 Å². The molecule has 0 fully saturated rings. The predicted octanol–water partition coefficient (Wildman–Crippen LogP) is 4.62. The van der Waals surface area contributed by atoms with Crippen molar-refractivity contribution in [2.24, 2.45) is 0 Å². The normalized spacial score (nSPS) is 18.7. The van der Waals surface area contributed by atoms with Gasteiger partial charge in [0.25, 0.3) is 10.1 Å². The van der Waals surface area contributed by atoms with Gasteiger partial charge in [0.1, 0.15) is 23.9 Å². The highest BCUT2D eigenvalue weighted by Gasteiger charge is 2.39. The molecule has 0 saturated carbocycles. The van der Waals surface area contributed by atoms with E-state index in [9.17, 15) is 8.42 Å². The Kier molecular flexibility index (Phi) is 6.21. The van der Waals surface area contributed by atoms with E-state index in [-0.39, 0.29) is 18.3 Å². The van der Waals surface area contributed by atoms with Crippen LogP contribution in [0.25, 0.3) is 0 Å². The molecule has 3 aromatic rings. The van der Waals surface area contributed by atoms with Gasteiger partial charge >= 0.3 is 0 Å². The molecule has 5 rings (SSSR count). The van der Waals surface area contributed by atoms with Gasteiger partial charge in [-0.3, -0.25) is 4.18 Å². The molecule has 0 unspecified atom stereocenters. The molecule has 2 heterocycles. The van der Waals surface area contributed by atoms with Crippen LogP contribution >= 0.6 is 22.6 Å². The van der Waals surface area contributed by atoms with Crippen LogP contribution in [0.5, 0.6) is 28.7 Å². The molecule has 0 aromatic heterocycles. The number of halogens is 1. The van der Waals surface area contributed by atoms with Crippen molar-refractivity contribution in [2.75, 3.05) is 20.5 Å². The van der Waals surface area contributed by atoms with Crippen LogP contribution in [0.15, 0.2) is 59.5 Å². The fourth-order valence-corrected chi connectivity index (χ4v) is 5.25. The number of ether oxygens (including phenoxy) is 5. The molecule has 0 saturated heterocycles. The minimum atomic E-state index is -4.08. The van der Waals surface area contributed by atoms with Gasteiger partial charge in [0.2, 0.25) is 6.79 Å². The molecule has 2 atom stereocenters. The Hall–Kier alpha value is -2.70.